The predicted octanol–water partition coefficient (Wildman–Crippen LogP) is 0.803. The molecule has 0 amide bonds. The third-order valence-electron chi connectivity index (χ3n) is 2.67. The van der Waals surface area contributed by atoms with Crippen molar-refractivity contribution in [3.8, 4) is 0 Å². The number of carbonyl (C=O) groups is 1. The second-order valence-electron chi connectivity index (χ2n) is 3.86. The number of methoxy groups -OCH3 is 1. The van der Waals surface area contributed by atoms with E-state index in [9.17, 15) is 4.79 Å². The molecule has 2 rings (SSSR count). The molecule has 1 saturated carbocycles. The van der Waals surface area contributed by atoms with Crippen molar-refractivity contribution in [2.75, 3.05) is 12.4 Å². The molecule has 0 saturated heterocycles. The third-order valence-corrected chi connectivity index (χ3v) is 2.67. The summed E-state index contributed by atoms with van der Waals surface area (Å²) in [4.78, 5) is 15.5. The van der Waals surface area contributed by atoms with Gasteiger partial charge in [-0.2, -0.15) is 0 Å². The summed E-state index contributed by atoms with van der Waals surface area (Å²) in [5.41, 5.74) is 0.423. The molecule has 1 aliphatic rings. The second kappa shape index (κ2) is 4.49. The summed E-state index contributed by atoms with van der Waals surface area (Å²) in [6, 6.07) is 3.54. The van der Waals surface area contributed by atoms with Gasteiger partial charge in [-0.15, -0.1) is 0 Å². The van der Waals surface area contributed by atoms with Crippen LogP contribution in [0.15, 0.2) is 18.3 Å². The summed E-state index contributed by atoms with van der Waals surface area (Å²) in [5.74, 6) is 0.113. The number of rotatable bonds is 3. The van der Waals surface area contributed by atoms with E-state index in [2.05, 4.69) is 15.0 Å². The molecule has 0 bridgehead atoms. The van der Waals surface area contributed by atoms with Crippen LogP contribution in [-0.2, 0) is 4.74 Å². The van der Waals surface area contributed by atoms with Gasteiger partial charge in [-0.25, -0.2) is 9.78 Å². The van der Waals surface area contributed by atoms with Gasteiger partial charge in [-0.1, -0.05) is 0 Å². The highest BCUT2D eigenvalue weighted by molar-refractivity contribution is 5.94. The first kappa shape index (κ1) is 10.9. The molecule has 86 valence electrons. The van der Waals surface area contributed by atoms with E-state index < -0.39 is 5.97 Å². The van der Waals surface area contributed by atoms with E-state index in [0.29, 0.717) is 24.2 Å². The molecule has 1 fully saturated rings. The zero-order chi connectivity index (χ0) is 11.5. The van der Waals surface area contributed by atoms with Gasteiger partial charge in [0.25, 0.3) is 0 Å². The van der Waals surface area contributed by atoms with Gasteiger partial charge < -0.3 is 15.2 Å². The van der Waals surface area contributed by atoms with Crippen LogP contribution >= 0.6 is 0 Å². The van der Waals surface area contributed by atoms with Crippen molar-refractivity contribution in [2.24, 2.45) is 0 Å². The van der Waals surface area contributed by atoms with Crippen LogP contribution in [0.25, 0.3) is 0 Å². The molecule has 16 heavy (non-hydrogen) atoms. The molecule has 1 aromatic rings. The Labute approximate surface area is 93.5 Å². The molecule has 1 aromatic heterocycles. The Hall–Kier alpha value is -1.62. The molecule has 0 radical (unpaired) electrons. The number of aliphatic hydroxyl groups is 1. The number of anilines is 1. The topological polar surface area (TPSA) is 71.5 Å². The molecule has 5 heteroatoms. The van der Waals surface area contributed by atoms with Crippen LogP contribution in [0.1, 0.15) is 23.2 Å². The minimum absolute atomic E-state index is 0.188. The zero-order valence-corrected chi connectivity index (χ0v) is 9.01. The first-order chi connectivity index (χ1) is 7.70. The van der Waals surface area contributed by atoms with E-state index >= 15 is 0 Å². The lowest BCUT2D eigenvalue weighted by Gasteiger charge is -2.32. The summed E-state index contributed by atoms with van der Waals surface area (Å²) in [6.07, 6.45) is 2.76. The van der Waals surface area contributed by atoms with Crippen molar-refractivity contribution in [3.63, 3.8) is 0 Å². The van der Waals surface area contributed by atoms with Gasteiger partial charge in [-0.05, 0) is 25.0 Å². The van der Waals surface area contributed by atoms with Crippen LogP contribution in [0.3, 0.4) is 0 Å². The summed E-state index contributed by atoms with van der Waals surface area (Å²) in [5, 5.41) is 12.3. The number of aliphatic hydroxyl groups excluding tert-OH is 1. The lowest BCUT2D eigenvalue weighted by atomic mass is 9.89. The van der Waals surface area contributed by atoms with Gasteiger partial charge in [0.1, 0.15) is 11.4 Å². The number of ether oxygens (including phenoxy) is 1. The maximum Gasteiger partial charge on any atom is 0.341 e. The van der Waals surface area contributed by atoms with Crippen molar-refractivity contribution >= 4 is 11.8 Å². The smallest absolute Gasteiger partial charge is 0.341 e. The largest absolute Gasteiger partial charge is 0.465 e. The molecular weight excluding hydrogens is 208 g/mol. The first-order valence-corrected chi connectivity index (χ1v) is 5.18. The lowest BCUT2D eigenvalue weighted by Crippen LogP contribution is -2.39. The Morgan fingerprint density at radius 1 is 1.62 bits per heavy atom. The van der Waals surface area contributed by atoms with E-state index in [1.54, 1.807) is 18.3 Å². The Morgan fingerprint density at radius 2 is 2.38 bits per heavy atom. The Morgan fingerprint density at radius 3 is 3.00 bits per heavy atom. The van der Waals surface area contributed by atoms with Crippen LogP contribution in [-0.4, -0.2) is 35.3 Å². The lowest BCUT2D eigenvalue weighted by molar-refractivity contribution is 0.0601. The highest BCUT2D eigenvalue weighted by atomic mass is 16.5. The van der Waals surface area contributed by atoms with Crippen molar-refractivity contribution in [3.05, 3.63) is 23.9 Å². The van der Waals surface area contributed by atoms with Gasteiger partial charge in [0.2, 0.25) is 0 Å². The second-order valence-corrected chi connectivity index (χ2v) is 3.86. The molecule has 2 N–H and O–H groups in total. The average Bonchev–Trinajstić information content (AvgIpc) is 2.27. The predicted molar refractivity (Wildman–Crippen MR) is 58.2 cm³/mol. The SMILES string of the molecule is COC(=O)c1cccnc1NC1CC(O)C1. The summed E-state index contributed by atoms with van der Waals surface area (Å²) < 4.78 is 4.66. The summed E-state index contributed by atoms with van der Waals surface area (Å²) >= 11 is 0. The van der Waals surface area contributed by atoms with Gasteiger partial charge in [-0.3, -0.25) is 0 Å². The Kier molecular flexibility index (Phi) is 3.05. The molecule has 0 atom stereocenters. The molecule has 5 nitrogen and oxygen atoms in total. The van der Waals surface area contributed by atoms with Crippen molar-refractivity contribution in [1.82, 2.24) is 4.98 Å². The fourth-order valence-corrected chi connectivity index (χ4v) is 1.69. The standard InChI is InChI=1S/C11H14N2O3/c1-16-11(15)9-3-2-4-12-10(9)13-7-5-8(14)6-7/h2-4,7-8,14H,5-6H2,1H3,(H,12,13). The number of hydrogen-bond acceptors (Lipinski definition) is 5. The van der Waals surface area contributed by atoms with Crippen LogP contribution in [0, 0.1) is 0 Å². The minimum Gasteiger partial charge on any atom is -0.465 e. The number of carbonyl (C=O) groups excluding carboxylic acids is 1. The Balaban J connectivity index is 2.10. The van der Waals surface area contributed by atoms with E-state index in [1.165, 1.54) is 7.11 Å². The maximum atomic E-state index is 11.4. The van der Waals surface area contributed by atoms with E-state index in [-0.39, 0.29) is 12.1 Å². The van der Waals surface area contributed by atoms with Crippen LogP contribution < -0.4 is 5.32 Å². The maximum absolute atomic E-state index is 11.4. The Bertz CT molecular complexity index is 389. The normalized spacial score (nSPS) is 23.4. The molecule has 1 aliphatic carbocycles. The summed E-state index contributed by atoms with van der Waals surface area (Å²) in [7, 11) is 1.34. The molecule has 0 aliphatic heterocycles. The highest BCUT2D eigenvalue weighted by Gasteiger charge is 2.28. The molecular formula is C11H14N2O3. The van der Waals surface area contributed by atoms with Crippen molar-refractivity contribution in [1.29, 1.82) is 0 Å². The van der Waals surface area contributed by atoms with Crippen LogP contribution in [0.4, 0.5) is 5.82 Å². The number of nitrogens with zero attached hydrogens (tertiary/aromatic N) is 1. The van der Waals surface area contributed by atoms with Gasteiger partial charge in [0, 0.05) is 12.2 Å². The number of hydrogen-bond donors (Lipinski definition) is 2. The molecule has 0 aromatic carbocycles. The fourth-order valence-electron chi connectivity index (χ4n) is 1.69. The number of aromatic nitrogens is 1. The third kappa shape index (κ3) is 2.14. The van der Waals surface area contributed by atoms with Crippen LogP contribution in [0.5, 0.6) is 0 Å². The van der Waals surface area contributed by atoms with E-state index in [1.807, 2.05) is 0 Å². The van der Waals surface area contributed by atoms with Gasteiger partial charge in [0.15, 0.2) is 0 Å². The van der Waals surface area contributed by atoms with E-state index in [4.69, 9.17) is 5.11 Å². The number of nitrogens with one attached hydrogen (secondary N) is 1. The molecule has 1 heterocycles. The van der Waals surface area contributed by atoms with Gasteiger partial charge >= 0.3 is 5.97 Å². The average molecular weight is 222 g/mol. The monoisotopic (exact) mass is 222 g/mol. The van der Waals surface area contributed by atoms with Crippen molar-refractivity contribution in [2.45, 2.75) is 25.0 Å². The summed E-state index contributed by atoms with van der Waals surface area (Å²) in [6.45, 7) is 0. The number of esters is 1. The van der Waals surface area contributed by atoms with Crippen molar-refractivity contribution < 1.29 is 14.6 Å². The van der Waals surface area contributed by atoms with E-state index in [0.717, 1.165) is 0 Å². The highest BCUT2D eigenvalue weighted by Crippen LogP contribution is 2.24. The quantitative estimate of drug-likeness (QED) is 0.740. The van der Waals surface area contributed by atoms with Gasteiger partial charge in [0.05, 0.1) is 13.2 Å². The minimum atomic E-state index is -0.407. The fraction of sp³-hybridized carbons (Fsp3) is 0.455. The number of pyridine rings is 1. The van der Waals surface area contributed by atoms with Crippen LogP contribution in [0.2, 0.25) is 0 Å². The molecule has 0 spiro atoms. The molecule has 0 unspecified atom stereocenters. The first-order valence-electron chi connectivity index (χ1n) is 5.18. The zero-order valence-electron chi connectivity index (χ0n) is 9.01.